The molecule has 2 aromatic heterocycles. The number of hydrogen-bond donors (Lipinski definition) is 3. The third-order valence-electron chi connectivity index (χ3n) is 17.5. The largest absolute Gasteiger partial charge is 0.416 e. The Labute approximate surface area is 443 Å². The number of nitrogens with one attached hydrogen (secondary N) is 3. The molecule has 3 N–H and O–H groups in total. The number of fused-ring (bicyclic) bond motifs is 1. The van der Waals surface area contributed by atoms with Crippen LogP contribution in [0, 0.1) is 11.8 Å². The summed E-state index contributed by atoms with van der Waals surface area (Å²) in [6.45, 7) is 8.69. The van der Waals surface area contributed by atoms with Crippen LogP contribution in [0.1, 0.15) is 109 Å². The molecule has 6 heterocycles. The van der Waals surface area contributed by atoms with Crippen LogP contribution in [0.25, 0.3) is 10.9 Å². The molecule has 0 bridgehead atoms. The average Bonchev–Trinajstić information content (AvgIpc) is 3.95. The van der Waals surface area contributed by atoms with Gasteiger partial charge in [0.15, 0.2) is 0 Å². The fourth-order valence-corrected chi connectivity index (χ4v) is 14.7. The van der Waals surface area contributed by atoms with E-state index >= 15 is 0 Å². The number of pyridine rings is 1. The summed E-state index contributed by atoms with van der Waals surface area (Å²) in [5.41, 5.74) is 0.236. The number of carbonyl (C=O) groups is 5. The Hall–Kier alpha value is -5.52. The van der Waals surface area contributed by atoms with E-state index in [4.69, 9.17) is 0 Å². The molecule has 6 fully saturated rings. The molecule has 5 amide bonds. The van der Waals surface area contributed by atoms with Crippen LogP contribution in [-0.2, 0) is 40.2 Å². The van der Waals surface area contributed by atoms with Gasteiger partial charge in [0.25, 0.3) is 0 Å². The van der Waals surface area contributed by atoms with Crippen molar-refractivity contribution in [2.75, 3.05) is 65.2 Å². The molecule has 0 radical (unpaired) electrons. The highest BCUT2D eigenvalue weighted by Crippen LogP contribution is 2.38. The zero-order chi connectivity index (χ0) is 54.2. The highest BCUT2D eigenvalue weighted by Gasteiger charge is 2.47. The van der Waals surface area contributed by atoms with Gasteiger partial charge in [0.05, 0.1) is 40.4 Å². The van der Waals surface area contributed by atoms with Crippen LogP contribution in [0.3, 0.4) is 0 Å². The van der Waals surface area contributed by atoms with Crippen LogP contribution < -0.4 is 16.0 Å². The fraction of sp³-hybridized carbons (Fsp3) is 0.660. The minimum atomic E-state index is -4.56. The molecule has 23 heteroatoms. The van der Waals surface area contributed by atoms with Crippen LogP contribution in [0.4, 0.5) is 19.0 Å². The second-order valence-electron chi connectivity index (χ2n) is 22.2. The first kappa shape index (κ1) is 55.2. The number of halogens is 3. The van der Waals surface area contributed by atoms with E-state index in [1.165, 1.54) is 12.4 Å². The maximum absolute atomic E-state index is 14.2. The smallest absolute Gasteiger partial charge is 0.358 e. The Morgan fingerprint density at radius 3 is 2.25 bits per heavy atom. The van der Waals surface area contributed by atoms with E-state index in [0.717, 1.165) is 37.0 Å². The summed E-state index contributed by atoms with van der Waals surface area (Å²) in [5, 5.41) is 8.93. The lowest BCUT2D eigenvalue weighted by atomic mass is 9.82. The molecule has 3 unspecified atom stereocenters. The van der Waals surface area contributed by atoms with Crippen molar-refractivity contribution in [3.05, 3.63) is 60.2 Å². The van der Waals surface area contributed by atoms with Crippen LogP contribution in [0.2, 0.25) is 0 Å². The van der Waals surface area contributed by atoms with Gasteiger partial charge in [-0.2, -0.15) is 17.5 Å². The quantitative estimate of drug-likeness (QED) is 0.209. The number of benzene rings is 1. The fourth-order valence-electron chi connectivity index (χ4n) is 12.8. The molecule has 414 valence electrons. The van der Waals surface area contributed by atoms with Crippen LogP contribution in [0.5, 0.6) is 0 Å². The van der Waals surface area contributed by atoms with Gasteiger partial charge in [-0.3, -0.25) is 33.9 Å². The molecule has 1 aromatic carbocycles. The summed E-state index contributed by atoms with van der Waals surface area (Å²) in [6.07, 6.45) is 6.13. The van der Waals surface area contributed by atoms with Crippen molar-refractivity contribution in [2.45, 2.75) is 151 Å². The summed E-state index contributed by atoms with van der Waals surface area (Å²) in [5.74, 6) is -1.79. The van der Waals surface area contributed by atoms with E-state index in [9.17, 15) is 45.6 Å². The third-order valence-corrected chi connectivity index (χ3v) is 19.9. The lowest BCUT2D eigenvalue weighted by Crippen LogP contribution is -2.59. The number of rotatable bonds is 14. The van der Waals surface area contributed by atoms with E-state index < -0.39 is 57.0 Å². The monoisotopic (exact) mass is 1080 g/mol. The first-order valence-electron chi connectivity index (χ1n) is 27.1. The topological polar surface area (TPSA) is 214 Å². The number of aromatic nitrogens is 3. The molecular weight excluding hydrogens is 1010 g/mol. The number of likely N-dealkylation sites (tertiary alicyclic amines) is 3. The Morgan fingerprint density at radius 1 is 0.855 bits per heavy atom. The molecule has 2 aliphatic carbocycles. The second-order valence-corrected chi connectivity index (χ2v) is 24.4. The molecule has 4 aliphatic heterocycles. The van der Waals surface area contributed by atoms with Crippen molar-refractivity contribution < 1.29 is 45.6 Å². The van der Waals surface area contributed by atoms with E-state index in [1.54, 1.807) is 46.5 Å². The summed E-state index contributed by atoms with van der Waals surface area (Å²) >= 11 is 0. The minimum Gasteiger partial charge on any atom is -0.358 e. The molecule has 76 heavy (non-hydrogen) atoms. The molecule has 7 atom stereocenters. The molecule has 3 aromatic rings. The van der Waals surface area contributed by atoms with Crippen LogP contribution in [0.15, 0.2) is 49.1 Å². The van der Waals surface area contributed by atoms with Crippen molar-refractivity contribution in [1.29, 1.82) is 0 Å². The number of piperidine rings is 1. The number of hydrogen-bond acceptors (Lipinski definition) is 13. The predicted octanol–water partition coefficient (Wildman–Crippen LogP) is 4.02. The SMILES string of the molecule is CC(C)N(C)C1CCC(N2CC[C@H](Nc3ncnc4ccc(C(F)(F)F)cc34)C2=O)[C@H](NC(=O)C2CCC(N3CCN(S(=O)(=O)C4CCN(C(=O)[C@H](C)NC(=O)[C@H]5CC(=O)N(C)C5c5cccnc5)CC4)CC3)CC2)C1. The Bertz CT molecular complexity index is 2720. The average molecular weight is 1080 g/mol. The standard InChI is InChI=1S/C53H73F3N12O7S/c1-32(2)63(4)38-13-15-45(68-22-18-43(52(68)73)61-48-40-27-36(53(54,55)56)10-14-42(40)58-31-59-48)44(28-38)62-49(70)34-8-11-37(12-9-34)65-23-25-67(26-24-65)76(74,75)39-16-20-66(21-17-39)51(72)33(3)60-50(71)41-29-46(69)64(5)47(41)35-7-6-19-57-30-35/h6-7,10,14,19,27,30-34,37-39,41,43-45,47H,8-9,11-13,15-18,20-26,28-29H2,1-5H3,(H,60,71)(H,62,70)(H,58,59,61)/t33-,34?,37?,38?,41-,43-,44+,45?,47?/m0/s1. The predicted molar refractivity (Wildman–Crippen MR) is 277 cm³/mol. The summed E-state index contributed by atoms with van der Waals surface area (Å²) in [4.78, 5) is 90.3. The van der Waals surface area contributed by atoms with E-state index in [1.807, 2.05) is 11.0 Å². The second kappa shape index (κ2) is 22.8. The van der Waals surface area contributed by atoms with Crippen molar-refractivity contribution in [2.24, 2.45) is 11.8 Å². The molecule has 2 saturated carbocycles. The normalized spacial score (nSPS) is 28.1. The maximum atomic E-state index is 14.2. The number of piperazine rings is 1. The maximum Gasteiger partial charge on any atom is 0.416 e. The van der Waals surface area contributed by atoms with Gasteiger partial charge >= 0.3 is 6.18 Å². The Kier molecular flexibility index (Phi) is 16.6. The van der Waals surface area contributed by atoms with Crippen LogP contribution >= 0.6 is 0 Å². The zero-order valence-electron chi connectivity index (χ0n) is 44.1. The number of alkyl halides is 3. The third kappa shape index (κ3) is 11.7. The number of nitrogens with zero attached hydrogens (tertiary/aromatic N) is 9. The molecular formula is C53H73F3N12O7S. The number of anilines is 1. The van der Waals surface area contributed by atoms with Crippen molar-refractivity contribution in [3.8, 4) is 0 Å². The zero-order valence-corrected chi connectivity index (χ0v) is 44.9. The van der Waals surface area contributed by atoms with Crippen LogP contribution in [-0.4, -0.2) is 189 Å². The Morgan fingerprint density at radius 2 is 1.58 bits per heavy atom. The Balaban J connectivity index is 0.739. The van der Waals surface area contributed by atoms with Gasteiger partial charge in [-0.25, -0.2) is 18.4 Å². The van der Waals surface area contributed by atoms with Gasteiger partial charge in [-0.05, 0) is 122 Å². The van der Waals surface area contributed by atoms with Gasteiger partial charge in [-0.15, -0.1) is 0 Å². The van der Waals surface area contributed by atoms with Gasteiger partial charge < -0.3 is 35.6 Å². The molecule has 19 nitrogen and oxygen atoms in total. The highest BCUT2D eigenvalue weighted by atomic mass is 32.2. The lowest BCUT2D eigenvalue weighted by molar-refractivity contribution is -0.138. The molecule has 0 spiro atoms. The van der Waals surface area contributed by atoms with E-state index in [-0.39, 0.29) is 103 Å². The summed E-state index contributed by atoms with van der Waals surface area (Å²) in [6, 6.07) is 4.91. The van der Waals surface area contributed by atoms with Gasteiger partial charge in [0.2, 0.25) is 39.6 Å². The van der Waals surface area contributed by atoms with Gasteiger partial charge in [0.1, 0.15) is 24.2 Å². The highest BCUT2D eigenvalue weighted by molar-refractivity contribution is 7.89. The van der Waals surface area contributed by atoms with E-state index in [2.05, 4.69) is 61.6 Å². The first-order valence-corrected chi connectivity index (χ1v) is 28.6. The van der Waals surface area contributed by atoms with E-state index in [0.29, 0.717) is 70.3 Å². The van der Waals surface area contributed by atoms with Crippen molar-refractivity contribution >= 4 is 56.3 Å². The lowest BCUT2D eigenvalue weighted by Gasteiger charge is -2.45. The molecule has 6 aliphatic rings. The molecule has 4 saturated heterocycles. The molecule has 9 rings (SSSR count). The summed E-state index contributed by atoms with van der Waals surface area (Å²) < 4.78 is 70.5. The van der Waals surface area contributed by atoms with Crippen molar-refractivity contribution in [1.82, 2.24) is 54.4 Å². The van der Waals surface area contributed by atoms with Crippen molar-refractivity contribution in [3.63, 3.8) is 0 Å². The van der Waals surface area contributed by atoms with Gasteiger partial charge in [-0.1, -0.05) is 6.07 Å². The van der Waals surface area contributed by atoms with Gasteiger partial charge in [0, 0.05) is 101 Å². The number of carbonyl (C=O) groups excluding carboxylic acids is 5. The first-order chi connectivity index (χ1) is 36.2. The number of amides is 5. The summed E-state index contributed by atoms with van der Waals surface area (Å²) in [7, 11) is 0.101. The minimum absolute atomic E-state index is 0.0197. The number of sulfonamides is 1.